The number of carboxylic acid groups (broad SMARTS) is 1. The van der Waals surface area contributed by atoms with Gasteiger partial charge in [0.25, 0.3) is 0 Å². The molecular weight excluding hydrogens is 305 g/mol. The fraction of sp³-hybridized carbons (Fsp3) is 0.0833. The molecule has 0 aliphatic heterocycles. The van der Waals surface area contributed by atoms with Gasteiger partial charge in [0.2, 0.25) is 0 Å². The zero-order chi connectivity index (χ0) is 12.6. The molecule has 1 N–H and O–H groups in total. The van der Waals surface area contributed by atoms with Gasteiger partial charge in [0.1, 0.15) is 5.69 Å². The van der Waals surface area contributed by atoms with Crippen LogP contribution >= 0.6 is 27.5 Å². The number of hydrogen-bond acceptors (Lipinski definition) is 1. The first-order chi connectivity index (χ1) is 8.00. The van der Waals surface area contributed by atoms with E-state index in [2.05, 4.69) is 15.9 Å². The summed E-state index contributed by atoms with van der Waals surface area (Å²) in [5.74, 6) is -0.938. The van der Waals surface area contributed by atoms with Crippen molar-refractivity contribution in [2.45, 2.75) is 0 Å². The fourth-order valence-electron chi connectivity index (χ4n) is 1.67. The highest BCUT2D eigenvalue weighted by Crippen LogP contribution is 2.29. The largest absolute Gasteiger partial charge is 0.477 e. The summed E-state index contributed by atoms with van der Waals surface area (Å²) < 4.78 is 2.42. The molecule has 0 atom stereocenters. The third-order valence-corrected chi connectivity index (χ3v) is 3.77. The van der Waals surface area contributed by atoms with Crippen molar-refractivity contribution in [2.24, 2.45) is 7.05 Å². The molecule has 0 fully saturated rings. The predicted octanol–water partition coefficient (Wildman–Crippen LogP) is 3.81. The highest BCUT2D eigenvalue weighted by Gasteiger charge is 2.12. The SMILES string of the molecule is Cn1c(C(=O)O)ccc1-c1ccc(Cl)c(Br)c1. The van der Waals surface area contributed by atoms with Gasteiger partial charge in [0, 0.05) is 17.2 Å². The number of carboxylic acids is 1. The van der Waals surface area contributed by atoms with E-state index in [1.165, 1.54) is 0 Å². The van der Waals surface area contributed by atoms with Crippen LogP contribution in [0.5, 0.6) is 0 Å². The molecule has 0 aliphatic rings. The minimum atomic E-state index is -0.938. The van der Waals surface area contributed by atoms with E-state index in [0.29, 0.717) is 5.02 Å². The molecule has 0 unspecified atom stereocenters. The minimum Gasteiger partial charge on any atom is -0.477 e. The summed E-state index contributed by atoms with van der Waals surface area (Å²) in [7, 11) is 1.72. The lowest BCUT2D eigenvalue weighted by Gasteiger charge is -2.06. The van der Waals surface area contributed by atoms with Gasteiger partial charge in [-0.05, 0) is 45.8 Å². The van der Waals surface area contributed by atoms with Gasteiger partial charge in [0.15, 0.2) is 0 Å². The molecule has 0 saturated carbocycles. The number of rotatable bonds is 2. The molecule has 0 radical (unpaired) electrons. The van der Waals surface area contributed by atoms with Crippen LogP contribution in [0.4, 0.5) is 0 Å². The average molecular weight is 315 g/mol. The van der Waals surface area contributed by atoms with Crippen molar-refractivity contribution < 1.29 is 9.90 Å². The zero-order valence-electron chi connectivity index (χ0n) is 8.95. The lowest BCUT2D eigenvalue weighted by Crippen LogP contribution is -2.05. The van der Waals surface area contributed by atoms with E-state index in [1.807, 2.05) is 12.1 Å². The number of aromatic nitrogens is 1. The Morgan fingerprint density at radius 2 is 2.06 bits per heavy atom. The Labute approximate surface area is 112 Å². The van der Waals surface area contributed by atoms with Crippen molar-refractivity contribution in [3.63, 3.8) is 0 Å². The molecule has 0 bridgehead atoms. The highest BCUT2D eigenvalue weighted by atomic mass is 79.9. The molecule has 88 valence electrons. The average Bonchev–Trinajstić information content (AvgIpc) is 2.64. The molecular formula is C12H9BrClNO2. The van der Waals surface area contributed by atoms with Crippen molar-refractivity contribution in [2.75, 3.05) is 0 Å². The monoisotopic (exact) mass is 313 g/mol. The number of carbonyl (C=O) groups is 1. The maximum absolute atomic E-state index is 10.9. The molecule has 0 spiro atoms. The second-order valence-corrected chi connectivity index (χ2v) is 4.86. The lowest BCUT2D eigenvalue weighted by molar-refractivity contribution is 0.0687. The Bertz CT molecular complexity index is 592. The normalized spacial score (nSPS) is 10.5. The van der Waals surface area contributed by atoms with E-state index in [9.17, 15) is 4.79 Å². The van der Waals surface area contributed by atoms with E-state index in [-0.39, 0.29) is 5.69 Å². The molecule has 1 heterocycles. The van der Waals surface area contributed by atoms with Crippen LogP contribution < -0.4 is 0 Å². The van der Waals surface area contributed by atoms with Crippen LogP contribution in [0.1, 0.15) is 10.5 Å². The summed E-state index contributed by atoms with van der Waals surface area (Å²) >= 11 is 9.26. The van der Waals surface area contributed by atoms with Crippen LogP contribution in [0.15, 0.2) is 34.8 Å². The van der Waals surface area contributed by atoms with Gasteiger partial charge >= 0.3 is 5.97 Å². The van der Waals surface area contributed by atoms with Crippen LogP contribution in [-0.4, -0.2) is 15.6 Å². The van der Waals surface area contributed by atoms with Crippen molar-refractivity contribution >= 4 is 33.5 Å². The van der Waals surface area contributed by atoms with Crippen molar-refractivity contribution in [1.29, 1.82) is 0 Å². The summed E-state index contributed by atoms with van der Waals surface area (Å²) in [4.78, 5) is 10.9. The topological polar surface area (TPSA) is 42.2 Å². The molecule has 2 aromatic rings. The van der Waals surface area contributed by atoms with Crippen molar-refractivity contribution in [3.05, 3.63) is 45.5 Å². The van der Waals surface area contributed by atoms with Crippen LogP contribution in [0.25, 0.3) is 11.3 Å². The van der Waals surface area contributed by atoms with Gasteiger partial charge in [-0.15, -0.1) is 0 Å². The number of nitrogens with zero attached hydrogens (tertiary/aromatic N) is 1. The molecule has 1 aromatic carbocycles. The van der Waals surface area contributed by atoms with E-state index in [4.69, 9.17) is 16.7 Å². The van der Waals surface area contributed by atoms with Crippen LogP contribution in [0.3, 0.4) is 0 Å². The smallest absolute Gasteiger partial charge is 0.352 e. The molecule has 5 heteroatoms. The third kappa shape index (κ3) is 2.23. The van der Waals surface area contributed by atoms with E-state index in [1.54, 1.807) is 29.8 Å². The molecule has 1 aromatic heterocycles. The number of benzene rings is 1. The molecule has 2 rings (SSSR count). The number of hydrogen-bond donors (Lipinski definition) is 1. The summed E-state index contributed by atoms with van der Waals surface area (Å²) in [5.41, 5.74) is 2.00. The summed E-state index contributed by atoms with van der Waals surface area (Å²) in [6.07, 6.45) is 0. The van der Waals surface area contributed by atoms with Gasteiger partial charge in [0.05, 0.1) is 5.02 Å². The van der Waals surface area contributed by atoms with Crippen molar-refractivity contribution in [1.82, 2.24) is 4.57 Å². The second kappa shape index (κ2) is 4.55. The molecule has 17 heavy (non-hydrogen) atoms. The standard InChI is InChI=1S/C12H9BrClNO2/c1-15-10(4-5-11(15)12(16)17)7-2-3-9(14)8(13)6-7/h2-6H,1H3,(H,16,17). The molecule has 0 amide bonds. The zero-order valence-corrected chi connectivity index (χ0v) is 11.3. The van der Waals surface area contributed by atoms with Crippen molar-refractivity contribution in [3.8, 4) is 11.3 Å². The lowest BCUT2D eigenvalue weighted by atomic mass is 10.1. The first kappa shape index (κ1) is 12.2. The fourth-order valence-corrected chi connectivity index (χ4v) is 2.17. The maximum atomic E-state index is 10.9. The van der Waals surface area contributed by atoms with Crippen LogP contribution in [-0.2, 0) is 7.05 Å². The maximum Gasteiger partial charge on any atom is 0.352 e. The molecule has 0 aliphatic carbocycles. The quantitative estimate of drug-likeness (QED) is 0.916. The first-order valence-electron chi connectivity index (χ1n) is 4.85. The summed E-state index contributed by atoms with van der Waals surface area (Å²) in [6.45, 7) is 0. The Morgan fingerprint density at radius 1 is 1.35 bits per heavy atom. The van der Waals surface area contributed by atoms with Gasteiger partial charge in [-0.2, -0.15) is 0 Å². The van der Waals surface area contributed by atoms with Gasteiger partial charge in [-0.25, -0.2) is 4.79 Å². The summed E-state index contributed by atoms with van der Waals surface area (Å²) in [5, 5.41) is 9.60. The predicted molar refractivity (Wildman–Crippen MR) is 70.5 cm³/mol. The Hall–Kier alpha value is -1.26. The van der Waals surface area contributed by atoms with Gasteiger partial charge in [-0.3, -0.25) is 0 Å². The highest BCUT2D eigenvalue weighted by molar-refractivity contribution is 9.10. The Morgan fingerprint density at radius 3 is 2.59 bits per heavy atom. The first-order valence-corrected chi connectivity index (χ1v) is 6.02. The van der Waals surface area contributed by atoms with E-state index in [0.717, 1.165) is 15.7 Å². The van der Waals surface area contributed by atoms with E-state index < -0.39 is 5.97 Å². The molecule has 3 nitrogen and oxygen atoms in total. The number of aromatic carboxylic acids is 1. The van der Waals surface area contributed by atoms with E-state index >= 15 is 0 Å². The Balaban J connectivity index is 2.53. The minimum absolute atomic E-state index is 0.256. The van der Waals surface area contributed by atoms with Crippen LogP contribution in [0, 0.1) is 0 Å². The van der Waals surface area contributed by atoms with Crippen LogP contribution in [0.2, 0.25) is 5.02 Å². The van der Waals surface area contributed by atoms with Gasteiger partial charge in [-0.1, -0.05) is 17.7 Å². The second-order valence-electron chi connectivity index (χ2n) is 3.60. The summed E-state index contributed by atoms with van der Waals surface area (Å²) in [6, 6.07) is 8.85. The molecule has 0 saturated heterocycles. The Kier molecular flexibility index (Phi) is 3.26. The number of halogens is 2. The van der Waals surface area contributed by atoms with Gasteiger partial charge < -0.3 is 9.67 Å². The third-order valence-electron chi connectivity index (χ3n) is 2.56.